The van der Waals surface area contributed by atoms with E-state index in [9.17, 15) is 0 Å². The van der Waals surface area contributed by atoms with E-state index in [1.165, 1.54) is 50.1 Å². The molecule has 0 bridgehead atoms. The SMILES string of the molecule is c1ccc(-c2cccc(-c3nc(-c4ccccc4)cc(-c4ccc(-c5cccc(-c6ccc7c(c6)-c6ccccc6C7(c6ccccc6)c6ccccc6)c5)cc4)n3)c2)cc1. The van der Waals surface area contributed by atoms with Crippen LogP contribution in [0.2, 0.25) is 0 Å². The Bertz CT molecular complexity index is 3120. The van der Waals surface area contributed by atoms with E-state index in [-0.39, 0.29) is 0 Å². The van der Waals surface area contributed by atoms with Gasteiger partial charge in [0, 0.05) is 16.7 Å². The van der Waals surface area contributed by atoms with Crippen LogP contribution in [0, 0.1) is 0 Å². The van der Waals surface area contributed by atoms with Crippen molar-refractivity contribution in [2.45, 2.75) is 5.41 Å². The number of nitrogens with zero attached hydrogens (tertiary/aromatic N) is 2. The lowest BCUT2D eigenvalue weighted by atomic mass is 9.67. The lowest BCUT2D eigenvalue weighted by molar-refractivity contribution is 0.768. The van der Waals surface area contributed by atoms with Gasteiger partial charge in [-0.3, -0.25) is 0 Å². The van der Waals surface area contributed by atoms with Crippen LogP contribution in [0.5, 0.6) is 0 Å². The molecule has 10 aromatic rings. The third kappa shape index (κ3) is 6.46. The maximum absolute atomic E-state index is 5.17. The number of rotatable bonds is 8. The number of hydrogen-bond donors (Lipinski definition) is 0. The number of hydrogen-bond acceptors (Lipinski definition) is 2. The Hall–Kier alpha value is -7.94. The molecule has 286 valence electrons. The summed E-state index contributed by atoms with van der Waals surface area (Å²) in [5.74, 6) is 0.702. The van der Waals surface area contributed by atoms with Crippen LogP contribution in [0.3, 0.4) is 0 Å². The van der Waals surface area contributed by atoms with Crippen LogP contribution in [0.15, 0.2) is 243 Å². The van der Waals surface area contributed by atoms with Crippen molar-refractivity contribution < 1.29 is 0 Å². The molecule has 0 N–H and O–H groups in total. The molecule has 2 nitrogen and oxygen atoms in total. The number of aromatic nitrogens is 2. The molecule has 0 unspecified atom stereocenters. The van der Waals surface area contributed by atoms with Gasteiger partial charge in [0.15, 0.2) is 5.82 Å². The molecule has 61 heavy (non-hydrogen) atoms. The first-order chi connectivity index (χ1) is 30.2. The summed E-state index contributed by atoms with van der Waals surface area (Å²) < 4.78 is 0. The Balaban J connectivity index is 0.954. The first kappa shape index (κ1) is 36.2. The molecule has 1 aromatic heterocycles. The number of fused-ring (bicyclic) bond motifs is 3. The van der Waals surface area contributed by atoms with Crippen LogP contribution in [-0.2, 0) is 5.41 Å². The fraction of sp³-hybridized carbons (Fsp3) is 0.0169. The lowest BCUT2D eigenvalue weighted by Crippen LogP contribution is -2.28. The molecule has 9 aromatic carbocycles. The molecule has 0 spiro atoms. The Morgan fingerprint density at radius 2 is 0.639 bits per heavy atom. The summed E-state index contributed by atoms with van der Waals surface area (Å²) in [5, 5.41) is 0. The molecule has 0 fully saturated rings. The van der Waals surface area contributed by atoms with Gasteiger partial charge in [-0.05, 0) is 91.0 Å². The van der Waals surface area contributed by atoms with E-state index < -0.39 is 5.41 Å². The Morgan fingerprint density at radius 1 is 0.246 bits per heavy atom. The maximum Gasteiger partial charge on any atom is 0.160 e. The second-order valence-corrected chi connectivity index (χ2v) is 15.7. The van der Waals surface area contributed by atoms with Crippen LogP contribution in [0.25, 0.3) is 78.4 Å². The zero-order valence-corrected chi connectivity index (χ0v) is 33.5. The van der Waals surface area contributed by atoms with Crippen molar-refractivity contribution in [2.75, 3.05) is 0 Å². The van der Waals surface area contributed by atoms with E-state index in [0.29, 0.717) is 5.82 Å². The van der Waals surface area contributed by atoms with Gasteiger partial charge in [0.25, 0.3) is 0 Å². The standard InChI is InChI=1S/C59H40N2/c1-5-17-41(18-6-1)46-22-16-24-49(38-46)58-60-56(43-19-7-2-8-20-43)40-57(61-58)44-33-31-42(32-34-44)45-21-15-23-47(37-45)48-35-36-55-53(39-48)52-29-13-14-30-54(52)59(55,50-25-9-3-10-26-50)51-27-11-4-12-28-51/h1-40H. The second kappa shape index (κ2) is 15.3. The molecule has 0 saturated carbocycles. The summed E-state index contributed by atoms with van der Waals surface area (Å²) in [6.45, 7) is 0. The fourth-order valence-electron chi connectivity index (χ4n) is 9.29. The van der Waals surface area contributed by atoms with Gasteiger partial charge in [0.2, 0.25) is 0 Å². The fourth-order valence-corrected chi connectivity index (χ4v) is 9.29. The van der Waals surface area contributed by atoms with Gasteiger partial charge in [-0.25, -0.2) is 9.97 Å². The Labute approximate surface area is 357 Å². The minimum Gasteiger partial charge on any atom is -0.228 e. The molecule has 0 radical (unpaired) electrons. The highest BCUT2D eigenvalue weighted by Crippen LogP contribution is 2.56. The van der Waals surface area contributed by atoms with E-state index in [4.69, 9.17) is 9.97 Å². The van der Waals surface area contributed by atoms with Gasteiger partial charge in [0.1, 0.15) is 0 Å². The predicted octanol–water partition coefficient (Wildman–Crippen LogP) is 14.8. The molecule has 2 heteroatoms. The van der Waals surface area contributed by atoms with Gasteiger partial charge >= 0.3 is 0 Å². The summed E-state index contributed by atoms with van der Waals surface area (Å²) in [5.41, 5.74) is 19.2. The largest absolute Gasteiger partial charge is 0.228 e. The minimum absolute atomic E-state index is 0.408. The molecular weight excluding hydrogens is 737 g/mol. The molecule has 11 rings (SSSR count). The molecule has 0 atom stereocenters. The lowest BCUT2D eigenvalue weighted by Gasteiger charge is -2.33. The molecular formula is C59H40N2. The second-order valence-electron chi connectivity index (χ2n) is 15.7. The Kier molecular flexibility index (Phi) is 9.09. The van der Waals surface area contributed by atoms with Crippen LogP contribution in [0.1, 0.15) is 22.3 Å². The third-order valence-corrected chi connectivity index (χ3v) is 12.2. The molecule has 1 heterocycles. The van der Waals surface area contributed by atoms with Gasteiger partial charge in [-0.15, -0.1) is 0 Å². The maximum atomic E-state index is 5.17. The van der Waals surface area contributed by atoms with Crippen molar-refractivity contribution in [3.63, 3.8) is 0 Å². The average molecular weight is 777 g/mol. The van der Waals surface area contributed by atoms with Gasteiger partial charge in [-0.2, -0.15) is 0 Å². The van der Waals surface area contributed by atoms with Crippen LogP contribution >= 0.6 is 0 Å². The van der Waals surface area contributed by atoms with Gasteiger partial charge in [-0.1, -0.05) is 218 Å². The van der Waals surface area contributed by atoms with E-state index in [1.807, 2.05) is 12.1 Å². The zero-order valence-electron chi connectivity index (χ0n) is 33.5. The van der Waals surface area contributed by atoms with Gasteiger partial charge in [0.05, 0.1) is 16.8 Å². The summed E-state index contributed by atoms with van der Waals surface area (Å²) in [4.78, 5) is 10.3. The van der Waals surface area contributed by atoms with E-state index in [0.717, 1.165) is 44.8 Å². The van der Waals surface area contributed by atoms with Crippen LogP contribution < -0.4 is 0 Å². The summed E-state index contributed by atoms with van der Waals surface area (Å²) >= 11 is 0. The van der Waals surface area contributed by atoms with Crippen molar-refractivity contribution in [3.05, 3.63) is 265 Å². The normalized spacial score (nSPS) is 12.4. The van der Waals surface area contributed by atoms with Crippen molar-refractivity contribution >= 4 is 0 Å². The van der Waals surface area contributed by atoms with Crippen LogP contribution in [0.4, 0.5) is 0 Å². The predicted molar refractivity (Wildman–Crippen MR) is 252 cm³/mol. The number of benzene rings is 9. The monoisotopic (exact) mass is 776 g/mol. The molecule has 1 aliphatic rings. The molecule has 0 amide bonds. The van der Waals surface area contributed by atoms with Crippen molar-refractivity contribution in [3.8, 4) is 78.4 Å². The molecule has 0 saturated heterocycles. The average Bonchev–Trinajstić information content (AvgIpc) is 3.65. The van der Waals surface area contributed by atoms with E-state index >= 15 is 0 Å². The highest BCUT2D eigenvalue weighted by Gasteiger charge is 2.45. The Morgan fingerprint density at radius 3 is 1.26 bits per heavy atom. The van der Waals surface area contributed by atoms with Crippen LogP contribution in [-0.4, -0.2) is 9.97 Å². The first-order valence-corrected chi connectivity index (χ1v) is 20.9. The summed E-state index contributed by atoms with van der Waals surface area (Å²) in [6.07, 6.45) is 0. The van der Waals surface area contributed by atoms with Crippen molar-refractivity contribution in [1.29, 1.82) is 0 Å². The van der Waals surface area contributed by atoms with Gasteiger partial charge < -0.3 is 0 Å². The summed E-state index contributed by atoms with van der Waals surface area (Å²) in [6, 6.07) is 87.1. The molecule has 0 aliphatic heterocycles. The van der Waals surface area contributed by atoms with E-state index in [1.54, 1.807) is 0 Å². The van der Waals surface area contributed by atoms with E-state index in [2.05, 4.69) is 231 Å². The minimum atomic E-state index is -0.408. The highest BCUT2D eigenvalue weighted by atomic mass is 14.9. The van der Waals surface area contributed by atoms with Crippen molar-refractivity contribution in [1.82, 2.24) is 9.97 Å². The molecule has 1 aliphatic carbocycles. The third-order valence-electron chi connectivity index (χ3n) is 12.2. The first-order valence-electron chi connectivity index (χ1n) is 20.9. The quantitative estimate of drug-likeness (QED) is 0.154. The zero-order chi connectivity index (χ0) is 40.6. The smallest absolute Gasteiger partial charge is 0.160 e. The van der Waals surface area contributed by atoms with Crippen molar-refractivity contribution in [2.24, 2.45) is 0 Å². The highest BCUT2D eigenvalue weighted by molar-refractivity contribution is 5.89. The topological polar surface area (TPSA) is 25.8 Å². The summed E-state index contributed by atoms with van der Waals surface area (Å²) in [7, 11) is 0.